The first kappa shape index (κ1) is 30.8. The van der Waals surface area contributed by atoms with Crippen LogP contribution in [0, 0.1) is 12.8 Å². The van der Waals surface area contributed by atoms with Gasteiger partial charge in [0.15, 0.2) is 0 Å². The molecule has 0 aliphatic heterocycles. The Morgan fingerprint density at radius 3 is 2.39 bits per heavy atom. The molecule has 0 bridgehead atoms. The molecule has 3 nitrogen and oxygen atoms in total. The van der Waals surface area contributed by atoms with Gasteiger partial charge in [0, 0.05) is 23.2 Å². The molecular formula is C32H43FN2O. The summed E-state index contributed by atoms with van der Waals surface area (Å²) in [6, 6.07) is 6.11. The van der Waals surface area contributed by atoms with E-state index in [1.165, 1.54) is 6.08 Å². The van der Waals surface area contributed by atoms with E-state index in [0.717, 1.165) is 45.7 Å². The van der Waals surface area contributed by atoms with Crippen molar-refractivity contribution in [2.45, 2.75) is 74.1 Å². The molecule has 0 saturated carbocycles. The topological polar surface area (TPSA) is 41.5 Å². The van der Waals surface area contributed by atoms with Crippen LogP contribution >= 0.6 is 0 Å². The van der Waals surface area contributed by atoms with E-state index in [1.807, 2.05) is 86.7 Å². The lowest BCUT2D eigenvalue weighted by atomic mass is 9.74. The normalized spacial score (nSPS) is 14.2. The molecule has 0 aliphatic carbocycles. The van der Waals surface area contributed by atoms with E-state index in [9.17, 15) is 9.18 Å². The van der Waals surface area contributed by atoms with Crippen molar-refractivity contribution in [2.75, 3.05) is 0 Å². The predicted molar refractivity (Wildman–Crippen MR) is 155 cm³/mol. The first-order valence-electron chi connectivity index (χ1n) is 12.5. The minimum atomic E-state index is -0.564. The number of nitrogens with one attached hydrogen (secondary N) is 1. The number of hydrogen-bond acceptors (Lipinski definition) is 3. The Bertz CT molecular complexity index is 1140. The van der Waals surface area contributed by atoms with Crippen molar-refractivity contribution < 1.29 is 9.18 Å². The van der Waals surface area contributed by atoms with Crippen molar-refractivity contribution in [3.8, 4) is 0 Å². The Morgan fingerprint density at radius 1 is 1.25 bits per heavy atom. The molecule has 36 heavy (non-hydrogen) atoms. The molecule has 1 aromatic carbocycles. The van der Waals surface area contributed by atoms with Gasteiger partial charge in [-0.2, -0.15) is 0 Å². The average molecular weight is 491 g/mol. The Hall–Kier alpha value is -3.27. The number of hydrogen-bond donors (Lipinski definition) is 1. The van der Waals surface area contributed by atoms with Gasteiger partial charge >= 0.3 is 0 Å². The molecule has 0 atom stereocenters. The summed E-state index contributed by atoms with van der Waals surface area (Å²) in [4.78, 5) is 17.5. The van der Waals surface area contributed by atoms with Crippen LogP contribution in [0.3, 0.4) is 0 Å². The van der Waals surface area contributed by atoms with Gasteiger partial charge in [-0.3, -0.25) is 9.79 Å². The highest BCUT2D eigenvalue weighted by Crippen LogP contribution is 2.32. The second kappa shape index (κ2) is 13.7. The molecule has 1 N–H and O–H groups in total. The molecule has 0 aliphatic rings. The summed E-state index contributed by atoms with van der Waals surface area (Å²) in [5.74, 6) is -0.247. The van der Waals surface area contributed by atoms with Gasteiger partial charge in [0.25, 0.3) is 0 Å². The van der Waals surface area contributed by atoms with Gasteiger partial charge in [0.1, 0.15) is 11.6 Å². The van der Waals surface area contributed by atoms with Crippen molar-refractivity contribution in [2.24, 2.45) is 10.9 Å². The fourth-order valence-electron chi connectivity index (χ4n) is 4.04. The molecule has 0 amide bonds. The number of carbonyl (C=O) groups is 1. The molecule has 4 heteroatoms. The van der Waals surface area contributed by atoms with E-state index < -0.39 is 11.2 Å². The van der Waals surface area contributed by atoms with Gasteiger partial charge < -0.3 is 5.32 Å². The summed E-state index contributed by atoms with van der Waals surface area (Å²) in [6.45, 7) is 25.4. The maximum Gasteiger partial charge on any atom is 0.146 e. The molecule has 0 aromatic heterocycles. The van der Waals surface area contributed by atoms with Gasteiger partial charge in [-0.25, -0.2) is 4.39 Å². The van der Waals surface area contributed by atoms with E-state index in [4.69, 9.17) is 0 Å². The Labute approximate surface area is 218 Å². The zero-order valence-corrected chi connectivity index (χ0v) is 23.6. The number of benzene rings is 1. The Morgan fingerprint density at radius 2 is 1.89 bits per heavy atom. The van der Waals surface area contributed by atoms with Gasteiger partial charge in [-0.05, 0) is 94.0 Å². The van der Waals surface area contributed by atoms with Gasteiger partial charge in [-0.15, -0.1) is 0 Å². The first-order valence-corrected chi connectivity index (χ1v) is 12.5. The van der Waals surface area contributed by atoms with Crippen LogP contribution < -0.4 is 5.32 Å². The highest BCUT2D eigenvalue weighted by molar-refractivity contribution is 5.91. The number of allylic oxidation sites excluding steroid dienone is 8. The zero-order chi connectivity index (χ0) is 27.6. The fraction of sp³-hybridized carbons (Fsp3) is 0.375. The maximum atomic E-state index is 14.2. The molecule has 0 saturated heterocycles. The predicted octanol–water partition coefficient (Wildman–Crippen LogP) is 8.70. The highest BCUT2D eigenvalue weighted by Gasteiger charge is 2.32. The van der Waals surface area contributed by atoms with Crippen LogP contribution in [0.4, 0.5) is 4.39 Å². The third-order valence-corrected chi connectivity index (χ3v) is 6.17. The summed E-state index contributed by atoms with van der Waals surface area (Å²) >= 11 is 0. The van der Waals surface area contributed by atoms with Crippen LogP contribution in [0.15, 0.2) is 89.1 Å². The third kappa shape index (κ3) is 7.87. The number of Topliss-reactive ketones (excluding diaryl/α,β-unsaturated/α-hetero) is 1. The van der Waals surface area contributed by atoms with Crippen LogP contribution in [0.25, 0.3) is 5.57 Å². The van der Waals surface area contributed by atoms with E-state index in [0.29, 0.717) is 5.70 Å². The van der Waals surface area contributed by atoms with Gasteiger partial charge in [0.2, 0.25) is 0 Å². The number of rotatable bonds is 12. The lowest BCUT2D eigenvalue weighted by molar-refractivity contribution is -0.126. The van der Waals surface area contributed by atoms with E-state index >= 15 is 0 Å². The minimum absolute atomic E-state index is 0.0364. The summed E-state index contributed by atoms with van der Waals surface area (Å²) in [5, 5.41) is 3.14. The van der Waals surface area contributed by atoms with Crippen LogP contribution in [0.2, 0.25) is 0 Å². The monoisotopic (exact) mass is 490 g/mol. The fourth-order valence-corrected chi connectivity index (χ4v) is 4.04. The third-order valence-electron chi connectivity index (χ3n) is 6.17. The molecule has 0 unspecified atom stereocenters. The van der Waals surface area contributed by atoms with Crippen molar-refractivity contribution in [3.05, 3.63) is 101 Å². The number of aliphatic imine (C=N–C) groups is 1. The number of ketones is 1. The van der Waals surface area contributed by atoms with Crippen molar-refractivity contribution in [3.63, 3.8) is 0 Å². The van der Waals surface area contributed by atoms with Crippen LogP contribution in [-0.4, -0.2) is 12.0 Å². The van der Waals surface area contributed by atoms with Crippen molar-refractivity contribution in [1.29, 1.82) is 0 Å². The first-order chi connectivity index (χ1) is 16.8. The van der Waals surface area contributed by atoms with E-state index in [-0.39, 0.29) is 11.7 Å². The number of carbonyl (C=O) groups excluding carboxylic acids is 1. The SMILES string of the molecule is C=C/C(F)=C(\C=C/C)N/C(C)=C(C)/C(=C\C(=C)c1ccc(C(C)(C)C(=O)C(C)C)c(C)c1)N=CCC. The molecule has 0 spiro atoms. The van der Waals surface area contributed by atoms with Crippen molar-refractivity contribution >= 4 is 17.6 Å². The van der Waals surface area contributed by atoms with Crippen LogP contribution in [0.1, 0.15) is 78.5 Å². The van der Waals surface area contributed by atoms with Crippen LogP contribution in [0.5, 0.6) is 0 Å². The lowest BCUT2D eigenvalue weighted by Crippen LogP contribution is -2.33. The molecule has 1 aromatic rings. The van der Waals surface area contributed by atoms with Gasteiger partial charge in [0.05, 0.1) is 11.4 Å². The minimum Gasteiger partial charge on any atom is -0.356 e. The van der Waals surface area contributed by atoms with E-state index in [2.05, 4.69) is 29.5 Å². The second-order valence-corrected chi connectivity index (χ2v) is 9.79. The Kier molecular flexibility index (Phi) is 11.7. The highest BCUT2D eigenvalue weighted by atomic mass is 19.1. The van der Waals surface area contributed by atoms with Crippen molar-refractivity contribution in [1.82, 2.24) is 5.32 Å². The molecular weight excluding hydrogens is 447 g/mol. The summed E-state index contributed by atoms with van der Waals surface area (Å²) in [7, 11) is 0. The molecule has 0 radical (unpaired) electrons. The quantitative estimate of drug-likeness (QED) is 0.235. The summed E-state index contributed by atoms with van der Waals surface area (Å²) in [6.07, 6.45) is 9.18. The standard InChI is InChI=1S/C32H43FN2O/c1-12-15-29(28(33)14-3)35-25(9)24(8)30(34-18-13-2)20-22(6)26-16-17-27(23(7)19-26)32(10,11)31(36)21(4)5/h12,14-21,35H,3,6,13H2,1-2,4-5,7-11H3/b15-12-,25-24+,29-28-,30-20+,34-18?. The molecule has 0 heterocycles. The summed E-state index contributed by atoms with van der Waals surface area (Å²) in [5.41, 5.74) is 5.99. The number of halogens is 1. The van der Waals surface area contributed by atoms with Gasteiger partial charge in [-0.1, -0.05) is 58.2 Å². The summed E-state index contributed by atoms with van der Waals surface area (Å²) < 4.78 is 14.2. The molecule has 194 valence electrons. The zero-order valence-electron chi connectivity index (χ0n) is 23.6. The average Bonchev–Trinajstić information content (AvgIpc) is 2.84. The molecule has 0 fully saturated rings. The maximum absolute atomic E-state index is 14.2. The second-order valence-electron chi connectivity index (χ2n) is 9.79. The Balaban J connectivity index is 3.47. The van der Waals surface area contributed by atoms with E-state index in [1.54, 1.807) is 12.2 Å². The lowest BCUT2D eigenvalue weighted by Gasteiger charge is -2.28. The number of nitrogens with zero attached hydrogens (tertiary/aromatic N) is 1. The largest absolute Gasteiger partial charge is 0.356 e. The smallest absolute Gasteiger partial charge is 0.146 e. The molecule has 1 rings (SSSR count). The number of aryl methyl sites for hydroxylation is 1. The van der Waals surface area contributed by atoms with Crippen LogP contribution in [-0.2, 0) is 10.2 Å².